The maximum atomic E-state index is 12.6. The second kappa shape index (κ2) is 9.49. The van der Waals surface area contributed by atoms with Crippen molar-refractivity contribution in [2.45, 2.75) is 13.5 Å². The van der Waals surface area contributed by atoms with E-state index in [1.807, 2.05) is 0 Å². The number of carbonyl (C=O) groups is 2. The Labute approximate surface area is 179 Å². The van der Waals surface area contributed by atoms with Crippen molar-refractivity contribution in [1.82, 2.24) is 0 Å². The third-order valence-electron chi connectivity index (χ3n) is 4.30. The van der Waals surface area contributed by atoms with Crippen LogP contribution in [0.15, 0.2) is 89.1 Å². The minimum absolute atomic E-state index is 0.00706. The summed E-state index contributed by atoms with van der Waals surface area (Å²) in [5, 5.41) is 28.2. The number of azo groups is 1. The molecule has 31 heavy (non-hydrogen) atoms. The second-order valence-electron chi connectivity index (χ2n) is 6.78. The summed E-state index contributed by atoms with van der Waals surface area (Å²) >= 11 is 0. The lowest BCUT2D eigenvalue weighted by Gasteiger charge is -2.07. The Morgan fingerprint density at radius 1 is 0.935 bits per heavy atom. The number of hydrogen-bond donors (Lipinski definition) is 2. The fourth-order valence-corrected chi connectivity index (χ4v) is 2.62. The monoisotopic (exact) mass is 416 g/mol. The lowest BCUT2D eigenvalue weighted by molar-refractivity contribution is -0.140. The zero-order valence-corrected chi connectivity index (χ0v) is 16.8. The molecule has 0 spiro atoms. The Balaban J connectivity index is 1.77. The lowest BCUT2D eigenvalue weighted by atomic mass is 10.0. The van der Waals surface area contributed by atoms with E-state index in [1.165, 1.54) is 6.07 Å². The SMILES string of the molecule is C=C(C)C(=O)OCc1ccc(/N=N/c2cc(C(=O)c3ccccc3)c(O)cc2O)cc1. The Bertz CT molecular complexity index is 1150. The van der Waals surface area contributed by atoms with Gasteiger partial charge in [-0.2, -0.15) is 5.11 Å². The molecule has 3 aromatic rings. The molecule has 0 bridgehead atoms. The van der Waals surface area contributed by atoms with Gasteiger partial charge in [0, 0.05) is 17.2 Å². The fraction of sp³-hybridized carbons (Fsp3) is 0.0833. The van der Waals surface area contributed by atoms with Crippen LogP contribution in [-0.4, -0.2) is 22.0 Å². The molecule has 3 rings (SSSR count). The van der Waals surface area contributed by atoms with Crippen molar-refractivity contribution in [1.29, 1.82) is 0 Å². The average Bonchev–Trinajstić information content (AvgIpc) is 2.77. The van der Waals surface area contributed by atoms with E-state index in [9.17, 15) is 19.8 Å². The number of nitrogens with zero attached hydrogens (tertiary/aromatic N) is 2. The van der Waals surface area contributed by atoms with Gasteiger partial charge in [-0.3, -0.25) is 4.79 Å². The fourth-order valence-electron chi connectivity index (χ4n) is 2.62. The number of hydrogen-bond acceptors (Lipinski definition) is 7. The predicted octanol–water partition coefficient (Wildman–Crippen LogP) is 5.36. The standard InChI is InChI=1S/C24H20N2O5/c1-15(2)24(30)31-14-16-8-10-18(11-9-16)25-26-20-12-19(21(27)13-22(20)28)23(29)17-6-4-3-5-7-17/h3-13,27-28H,1,14H2,2H3/b26-25+. The summed E-state index contributed by atoms with van der Waals surface area (Å²) in [5.41, 5.74) is 2.01. The van der Waals surface area contributed by atoms with Gasteiger partial charge >= 0.3 is 5.97 Å². The Kier molecular flexibility index (Phi) is 6.57. The molecule has 0 aromatic heterocycles. The number of ether oxygens (including phenoxy) is 1. The largest absolute Gasteiger partial charge is 0.507 e. The molecule has 0 unspecified atom stereocenters. The number of ketones is 1. The van der Waals surface area contributed by atoms with Gasteiger partial charge in [0.1, 0.15) is 23.8 Å². The van der Waals surface area contributed by atoms with Crippen molar-refractivity contribution in [3.05, 3.63) is 95.6 Å². The zero-order valence-electron chi connectivity index (χ0n) is 16.8. The summed E-state index contributed by atoms with van der Waals surface area (Å²) < 4.78 is 5.08. The molecule has 0 saturated heterocycles. The van der Waals surface area contributed by atoms with E-state index in [4.69, 9.17) is 4.74 Å². The maximum absolute atomic E-state index is 12.6. The molecule has 156 valence electrons. The molecule has 7 heteroatoms. The second-order valence-corrected chi connectivity index (χ2v) is 6.78. The van der Waals surface area contributed by atoms with Crippen molar-refractivity contribution in [3.8, 4) is 11.5 Å². The van der Waals surface area contributed by atoms with E-state index in [0.717, 1.165) is 11.6 Å². The van der Waals surface area contributed by atoms with Gasteiger partial charge in [-0.25, -0.2) is 4.79 Å². The van der Waals surface area contributed by atoms with Gasteiger partial charge in [-0.15, -0.1) is 5.11 Å². The van der Waals surface area contributed by atoms with Crippen molar-refractivity contribution in [2.75, 3.05) is 0 Å². The van der Waals surface area contributed by atoms with Crippen molar-refractivity contribution < 1.29 is 24.5 Å². The quantitative estimate of drug-likeness (QED) is 0.233. The first-order chi connectivity index (χ1) is 14.8. The highest BCUT2D eigenvalue weighted by molar-refractivity contribution is 6.11. The molecule has 0 fully saturated rings. The van der Waals surface area contributed by atoms with Crippen LogP contribution in [0.4, 0.5) is 11.4 Å². The maximum Gasteiger partial charge on any atom is 0.333 e. The molecule has 0 saturated carbocycles. The summed E-state index contributed by atoms with van der Waals surface area (Å²) in [6, 6.07) is 17.6. The molecule has 0 aliphatic heterocycles. The molecular formula is C24H20N2O5. The van der Waals surface area contributed by atoms with Crippen molar-refractivity contribution in [2.24, 2.45) is 10.2 Å². The first-order valence-electron chi connectivity index (χ1n) is 9.34. The van der Waals surface area contributed by atoms with Gasteiger partial charge < -0.3 is 14.9 Å². The molecule has 2 N–H and O–H groups in total. The number of carbonyl (C=O) groups excluding carboxylic acids is 2. The van der Waals surface area contributed by atoms with E-state index < -0.39 is 11.8 Å². The Morgan fingerprint density at radius 3 is 2.26 bits per heavy atom. The minimum atomic E-state index is -0.465. The highest BCUT2D eigenvalue weighted by Crippen LogP contribution is 2.35. The summed E-state index contributed by atoms with van der Waals surface area (Å²) in [4.78, 5) is 24.1. The van der Waals surface area contributed by atoms with Crippen LogP contribution in [0.5, 0.6) is 11.5 Å². The molecule has 0 heterocycles. The molecule has 3 aromatic carbocycles. The molecule has 0 amide bonds. The number of benzene rings is 3. The minimum Gasteiger partial charge on any atom is -0.507 e. The van der Waals surface area contributed by atoms with Crippen LogP contribution < -0.4 is 0 Å². The van der Waals surface area contributed by atoms with Crippen LogP contribution in [-0.2, 0) is 16.1 Å². The van der Waals surface area contributed by atoms with Gasteiger partial charge in [0.05, 0.1) is 11.3 Å². The topological polar surface area (TPSA) is 109 Å². The summed E-state index contributed by atoms with van der Waals surface area (Å²) in [6.07, 6.45) is 0. The molecule has 0 radical (unpaired) electrons. The number of phenols is 2. The van der Waals surface area contributed by atoms with Gasteiger partial charge in [0.2, 0.25) is 0 Å². The number of aromatic hydroxyl groups is 2. The third-order valence-corrected chi connectivity index (χ3v) is 4.30. The molecule has 0 aliphatic carbocycles. The zero-order chi connectivity index (χ0) is 22.4. The van der Waals surface area contributed by atoms with Gasteiger partial charge in [0.15, 0.2) is 5.78 Å². The highest BCUT2D eigenvalue weighted by Gasteiger charge is 2.17. The van der Waals surface area contributed by atoms with Gasteiger partial charge in [-0.05, 0) is 30.7 Å². The van der Waals surface area contributed by atoms with Crippen molar-refractivity contribution >= 4 is 23.1 Å². The van der Waals surface area contributed by atoms with E-state index in [1.54, 1.807) is 61.5 Å². The van der Waals surface area contributed by atoms with Crippen LogP contribution in [0.25, 0.3) is 0 Å². The predicted molar refractivity (Wildman–Crippen MR) is 115 cm³/mol. The Morgan fingerprint density at radius 2 is 1.61 bits per heavy atom. The first kappa shape index (κ1) is 21.4. The van der Waals surface area contributed by atoms with Crippen molar-refractivity contribution in [3.63, 3.8) is 0 Å². The lowest BCUT2D eigenvalue weighted by Crippen LogP contribution is -2.04. The third kappa shape index (κ3) is 5.42. The van der Waals surface area contributed by atoms with Crippen LogP contribution >= 0.6 is 0 Å². The van der Waals surface area contributed by atoms with E-state index in [2.05, 4.69) is 16.8 Å². The number of rotatable bonds is 7. The summed E-state index contributed by atoms with van der Waals surface area (Å²) in [5.74, 6) is -1.52. The summed E-state index contributed by atoms with van der Waals surface area (Å²) in [6.45, 7) is 5.20. The van der Waals surface area contributed by atoms with Crippen LogP contribution in [0, 0.1) is 0 Å². The smallest absolute Gasteiger partial charge is 0.333 e. The number of esters is 1. The van der Waals surface area contributed by atoms with Crippen LogP contribution in [0.1, 0.15) is 28.4 Å². The van der Waals surface area contributed by atoms with Gasteiger partial charge in [-0.1, -0.05) is 49.0 Å². The molecular weight excluding hydrogens is 396 g/mol. The molecule has 0 aliphatic rings. The van der Waals surface area contributed by atoms with E-state index in [0.29, 0.717) is 16.8 Å². The average molecular weight is 416 g/mol. The van der Waals surface area contributed by atoms with E-state index >= 15 is 0 Å². The summed E-state index contributed by atoms with van der Waals surface area (Å²) in [7, 11) is 0. The van der Waals surface area contributed by atoms with Crippen LogP contribution in [0.3, 0.4) is 0 Å². The number of phenolic OH excluding ortho intramolecular Hbond substituents is 2. The van der Waals surface area contributed by atoms with E-state index in [-0.39, 0.29) is 29.4 Å². The Hall–Kier alpha value is -4.26. The first-order valence-corrected chi connectivity index (χ1v) is 9.34. The van der Waals surface area contributed by atoms with Crippen LogP contribution in [0.2, 0.25) is 0 Å². The molecule has 7 nitrogen and oxygen atoms in total. The molecule has 0 atom stereocenters. The van der Waals surface area contributed by atoms with Gasteiger partial charge in [0.25, 0.3) is 0 Å². The normalized spacial score (nSPS) is 10.7. The highest BCUT2D eigenvalue weighted by atomic mass is 16.5.